The summed E-state index contributed by atoms with van der Waals surface area (Å²) in [5, 5.41) is 11.1. The smallest absolute Gasteiger partial charge is 0.123 e. The van der Waals surface area contributed by atoms with Gasteiger partial charge in [-0.3, -0.25) is 4.99 Å². The van der Waals surface area contributed by atoms with Crippen LogP contribution in [0.4, 0.5) is 4.39 Å². The Labute approximate surface area is 128 Å². The average Bonchev–Trinajstić information content (AvgIpc) is 3.13. The van der Waals surface area contributed by atoms with E-state index >= 15 is 0 Å². The van der Waals surface area contributed by atoms with Crippen LogP contribution in [0.3, 0.4) is 0 Å². The predicted octanol–water partition coefficient (Wildman–Crippen LogP) is 2.80. The normalized spacial score (nSPS) is 26.5. The second kappa shape index (κ2) is 4.92. The van der Waals surface area contributed by atoms with E-state index in [0.717, 1.165) is 29.7 Å². The van der Waals surface area contributed by atoms with Crippen LogP contribution in [0.1, 0.15) is 12.0 Å². The van der Waals surface area contributed by atoms with Crippen LogP contribution in [0.5, 0.6) is 0 Å². The first-order valence-corrected chi connectivity index (χ1v) is 7.51. The van der Waals surface area contributed by atoms with Crippen molar-refractivity contribution in [2.45, 2.75) is 18.1 Å². The molecular formula is C18H17FN2O. The summed E-state index contributed by atoms with van der Waals surface area (Å²) in [4.78, 5) is 6.39. The van der Waals surface area contributed by atoms with E-state index in [2.05, 4.69) is 9.89 Å². The van der Waals surface area contributed by atoms with Gasteiger partial charge >= 0.3 is 0 Å². The Balaban J connectivity index is 1.63. The molecular weight excluding hydrogens is 279 g/mol. The molecule has 22 heavy (non-hydrogen) atoms. The zero-order valence-corrected chi connectivity index (χ0v) is 12.1. The van der Waals surface area contributed by atoms with Crippen LogP contribution in [0.25, 0.3) is 11.1 Å². The summed E-state index contributed by atoms with van der Waals surface area (Å²) in [6, 6.07) is 14.4. The number of hydrogen-bond donors (Lipinski definition) is 1. The van der Waals surface area contributed by atoms with Gasteiger partial charge in [-0.2, -0.15) is 0 Å². The van der Waals surface area contributed by atoms with Gasteiger partial charge in [0.2, 0.25) is 0 Å². The van der Waals surface area contributed by atoms with E-state index in [9.17, 15) is 9.50 Å². The average molecular weight is 296 g/mol. The van der Waals surface area contributed by atoms with Crippen LogP contribution >= 0.6 is 0 Å². The number of hydrogen-bond acceptors (Lipinski definition) is 3. The van der Waals surface area contributed by atoms with E-state index in [1.807, 2.05) is 30.6 Å². The maximum atomic E-state index is 13.0. The van der Waals surface area contributed by atoms with Crippen LogP contribution in [-0.4, -0.2) is 35.5 Å². The standard InChI is InChI=1S/C18H17FN2O/c19-16-7-3-14(4-8-16)13-1-5-15(6-2-13)18(22)9-10-21-12-20-11-17(18)21/h1-8,12,17,22H,9-11H2. The van der Waals surface area contributed by atoms with Crippen molar-refractivity contribution in [2.24, 2.45) is 4.99 Å². The molecule has 2 heterocycles. The second-order valence-electron chi connectivity index (χ2n) is 5.99. The van der Waals surface area contributed by atoms with E-state index in [1.54, 1.807) is 12.1 Å². The van der Waals surface area contributed by atoms with Crippen molar-refractivity contribution in [3.05, 3.63) is 59.9 Å². The summed E-state index contributed by atoms with van der Waals surface area (Å²) < 4.78 is 13.0. The lowest BCUT2D eigenvalue weighted by atomic mass is 9.86. The molecule has 2 aliphatic rings. The maximum absolute atomic E-state index is 13.0. The molecule has 0 bridgehead atoms. The number of benzene rings is 2. The number of fused-ring (bicyclic) bond motifs is 1. The van der Waals surface area contributed by atoms with Crippen molar-refractivity contribution >= 4 is 6.34 Å². The van der Waals surface area contributed by atoms with Crippen LogP contribution in [0.15, 0.2) is 53.5 Å². The first kappa shape index (κ1) is 13.5. The van der Waals surface area contributed by atoms with Gasteiger partial charge in [-0.25, -0.2) is 4.39 Å². The molecule has 2 unspecified atom stereocenters. The minimum atomic E-state index is -0.835. The fraction of sp³-hybridized carbons (Fsp3) is 0.278. The Bertz CT molecular complexity index is 711. The molecule has 4 heteroatoms. The van der Waals surface area contributed by atoms with Crippen LogP contribution in [0.2, 0.25) is 0 Å². The van der Waals surface area contributed by atoms with Gasteiger partial charge in [-0.15, -0.1) is 0 Å². The molecule has 3 nitrogen and oxygen atoms in total. The highest BCUT2D eigenvalue weighted by molar-refractivity contribution is 5.64. The third-order valence-corrected chi connectivity index (χ3v) is 4.77. The summed E-state index contributed by atoms with van der Waals surface area (Å²) in [6.07, 6.45) is 2.56. The minimum Gasteiger partial charge on any atom is -0.383 e. The summed E-state index contributed by atoms with van der Waals surface area (Å²) in [5.41, 5.74) is 2.08. The molecule has 0 spiro atoms. The third kappa shape index (κ3) is 2.03. The lowest BCUT2D eigenvalue weighted by Crippen LogP contribution is -2.41. The van der Waals surface area contributed by atoms with Crippen molar-refractivity contribution in [1.29, 1.82) is 0 Å². The third-order valence-electron chi connectivity index (χ3n) is 4.77. The number of rotatable bonds is 2. The van der Waals surface area contributed by atoms with E-state index in [1.165, 1.54) is 12.1 Å². The van der Waals surface area contributed by atoms with Gasteiger partial charge in [-0.05, 0) is 35.2 Å². The molecule has 2 atom stereocenters. The zero-order chi connectivity index (χ0) is 15.2. The molecule has 0 radical (unpaired) electrons. The van der Waals surface area contributed by atoms with Gasteiger partial charge in [0, 0.05) is 6.54 Å². The van der Waals surface area contributed by atoms with Crippen molar-refractivity contribution in [1.82, 2.24) is 4.90 Å². The summed E-state index contributed by atoms with van der Waals surface area (Å²) in [6.45, 7) is 1.49. The lowest BCUT2D eigenvalue weighted by molar-refractivity contribution is 0.0176. The fourth-order valence-corrected chi connectivity index (χ4v) is 3.47. The molecule has 1 N–H and O–H groups in total. The van der Waals surface area contributed by atoms with Gasteiger partial charge in [0.05, 0.1) is 18.9 Å². The molecule has 112 valence electrons. The number of aliphatic imine (C=N–C) groups is 1. The van der Waals surface area contributed by atoms with Crippen molar-refractivity contribution < 1.29 is 9.50 Å². The molecule has 2 aromatic rings. The second-order valence-corrected chi connectivity index (χ2v) is 5.99. The lowest BCUT2D eigenvalue weighted by Gasteiger charge is -2.30. The van der Waals surface area contributed by atoms with Crippen LogP contribution < -0.4 is 0 Å². The monoisotopic (exact) mass is 296 g/mol. The molecule has 4 rings (SSSR count). The Kier molecular flexibility index (Phi) is 3.01. The molecule has 2 aromatic carbocycles. The molecule has 0 aliphatic carbocycles. The summed E-state index contributed by atoms with van der Waals surface area (Å²) in [5.74, 6) is -0.234. The molecule has 1 fully saturated rings. The maximum Gasteiger partial charge on any atom is 0.123 e. The van der Waals surface area contributed by atoms with Crippen molar-refractivity contribution in [2.75, 3.05) is 13.1 Å². The molecule has 0 aromatic heterocycles. The molecule has 1 saturated heterocycles. The topological polar surface area (TPSA) is 35.8 Å². The predicted molar refractivity (Wildman–Crippen MR) is 84.2 cm³/mol. The van der Waals surface area contributed by atoms with E-state index in [0.29, 0.717) is 6.54 Å². The molecule has 2 aliphatic heterocycles. The van der Waals surface area contributed by atoms with E-state index < -0.39 is 5.60 Å². The quantitative estimate of drug-likeness (QED) is 0.925. The highest BCUT2D eigenvalue weighted by atomic mass is 19.1. The number of nitrogens with zero attached hydrogens (tertiary/aromatic N) is 2. The van der Waals surface area contributed by atoms with E-state index in [-0.39, 0.29) is 11.9 Å². The minimum absolute atomic E-state index is 0.0455. The van der Waals surface area contributed by atoms with E-state index in [4.69, 9.17) is 0 Å². The van der Waals surface area contributed by atoms with Crippen molar-refractivity contribution in [3.8, 4) is 11.1 Å². The van der Waals surface area contributed by atoms with Crippen LogP contribution in [0, 0.1) is 5.82 Å². The number of aliphatic hydroxyl groups is 1. The summed E-state index contributed by atoms with van der Waals surface area (Å²) >= 11 is 0. The van der Waals surface area contributed by atoms with Crippen LogP contribution in [-0.2, 0) is 5.60 Å². The Morgan fingerprint density at radius 3 is 2.36 bits per heavy atom. The number of halogens is 1. The molecule has 0 amide bonds. The SMILES string of the molecule is OC1(c2ccc(-c3ccc(F)cc3)cc2)CCN2C=NCC21. The summed E-state index contributed by atoms with van der Waals surface area (Å²) in [7, 11) is 0. The van der Waals surface area contributed by atoms with Gasteiger partial charge in [-0.1, -0.05) is 36.4 Å². The van der Waals surface area contributed by atoms with Crippen molar-refractivity contribution in [3.63, 3.8) is 0 Å². The zero-order valence-electron chi connectivity index (χ0n) is 12.1. The Morgan fingerprint density at radius 2 is 1.68 bits per heavy atom. The fourth-order valence-electron chi connectivity index (χ4n) is 3.47. The van der Waals surface area contributed by atoms with Gasteiger partial charge in [0.25, 0.3) is 0 Å². The van der Waals surface area contributed by atoms with Gasteiger partial charge in [0.15, 0.2) is 0 Å². The first-order valence-electron chi connectivity index (χ1n) is 7.51. The van der Waals surface area contributed by atoms with Gasteiger partial charge < -0.3 is 10.0 Å². The van der Waals surface area contributed by atoms with Gasteiger partial charge in [0.1, 0.15) is 11.4 Å². The Hall–Kier alpha value is -2.20. The molecule has 0 saturated carbocycles. The highest BCUT2D eigenvalue weighted by Crippen LogP contribution is 2.39. The Morgan fingerprint density at radius 1 is 1.05 bits per heavy atom. The first-order chi connectivity index (χ1) is 10.7. The largest absolute Gasteiger partial charge is 0.383 e. The highest BCUT2D eigenvalue weighted by Gasteiger charge is 2.48.